The summed E-state index contributed by atoms with van der Waals surface area (Å²) in [6.07, 6.45) is 14.7. The summed E-state index contributed by atoms with van der Waals surface area (Å²) in [6.45, 7) is 3.69. The Bertz CT molecular complexity index is 946. The van der Waals surface area contributed by atoms with Crippen LogP contribution in [-0.4, -0.2) is 96.0 Å². The second kappa shape index (κ2) is 28.3. The van der Waals surface area contributed by atoms with E-state index >= 15 is 0 Å². The van der Waals surface area contributed by atoms with Crippen molar-refractivity contribution in [3.8, 4) is 0 Å². The third-order valence-electron chi connectivity index (χ3n) is 8.94. The van der Waals surface area contributed by atoms with Crippen LogP contribution in [0.4, 0.5) is 0 Å². The number of unbranched alkanes of at least 4 members (excludes halogenated alkanes) is 19. The lowest BCUT2D eigenvalue weighted by Gasteiger charge is -2.40. The van der Waals surface area contributed by atoms with E-state index in [1.54, 1.807) is 0 Å². The number of aliphatic hydroxyl groups is 3. The monoisotopic (exact) mass is 724 g/mol. The van der Waals surface area contributed by atoms with Gasteiger partial charge in [-0.15, -0.1) is 0 Å². The summed E-state index contributed by atoms with van der Waals surface area (Å²) in [5, 5.41) is 30.7. The molecule has 0 spiro atoms. The van der Waals surface area contributed by atoms with Gasteiger partial charge in [-0.1, -0.05) is 136 Å². The Balaban J connectivity index is 2.50. The van der Waals surface area contributed by atoms with Crippen LogP contribution in [0.25, 0.3) is 0 Å². The van der Waals surface area contributed by atoms with Gasteiger partial charge in [0.25, 0.3) is 10.1 Å². The Morgan fingerprint density at radius 2 is 1.04 bits per heavy atom. The van der Waals surface area contributed by atoms with Gasteiger partial charge in [0.15, 0.2) is 12.4 Å². The molecule has 0 aromatic rings. The van der Waals surface area contributed by atoms with Crippen molar-refractivity contribution in [2.24, 2.45) is 0 Å². The van der Waals surface area contributed by atoms with Gasteiger partial charge in [0.2, 0.25) is 0 Å². The van der Waals surface area contributed by atoms with Gasteiger partial charge in [-0.2, -0.15) is 8.42 Å². The van der Waals surface area contributed by atoms with Crippen molar-refractivity contribution in [2.75, 3.05) is 19.0 Å². The molecule has 1 heterocycles. The molecule has 0 unspecified atom stereocenters. The minimum absolute atomic E-state index is 0.169. The molecule has 0 amide bonds. The van der Waals surface area contributed by atoms with Crippen LogP contribution in [0.15, 0.2) is 0 Å². The molecular formula is C36H68O12S. The first-order valence-corrected chi connectivity index (χ1v) is 20.7. The minimum Gasteiger partial charge on any atom is -0.462 e. The van der Waals surface area contributed by atoms with Crippen molar-refractivity contribution in [2.45, 2.75) is 198 Å². The number of rotatable bonds is 31. The average molecular weight is 725 g/mol. The minimum atomic E-state index is -4.59. The lowest BCUT2D eigenvalue weighted by atomic mass is 10.00. The van der Waals surface area contributed by atoms with E-state index in [0.717, 1.165) is 38.5 Å². The van der Waals surface area contributed by atoms with Crippen molar-refractivity contribution in [1.82, 2.24) is 0 Å². The number of hydrogen-bond acceptors (Lipinski definition) is 11. The number of carbonyl (C=O) groups is 2. The predicted octanol–water partition coefficient (Wildman–Crippen LogP) is 6.17. The standard InChI is InChI=1S/C36H68O12S/c1-3-5-7-9-11-13-14-15-16-17-19-20-22-24-31(37)45-26-29(47-32(38)25-23-21-18-12-10-8-6-4-2)27-46-36-35(41)34(40)33(39)30(48-36)28-49(42,43)44/h29-30,33-36,39-41H,3-28H2,1-2H3,(H,42,43,44)/t29-,30-,33-,34+,35-,36-/m1/s1. The van der Waals surface area contributed by atoms with Crippen LogP contribution in [0, 0.1) is 0 Å². The first-order chi connectivity index (χ1) is 23.5. The van der Waals surface area contributed by atoms with E-state index < -0.39 is 71.2 Å². The molecule has 1 aliphatic rings. The SMILES string of the molecule is CCCCCCCCCCCCCCCC(=O)OC[C@H](CO[C@@H]1O[C@H](CS(=O)(=O)O)[C@@H](O)[C@H](O)[C@H]1O)OC(=O)CCCCCCCCCC. The summed E-state index contributed by atoms with van der Waals surface area (Å²) < 4.78 is 53.7. The maximum atomic E-state index is 12.6. The highest BCUT2D eigenvalue weighted by atomic mass is 32.2. The lowest BCUT2D eigenvalue weighted by molar-refractivity contribution is -0.297. The van der Waals surface area contributed by atoms with Crippen LogP contribution >= 0.6 is 0 Å². The topological polar surface area (TPSA) is 186 Å². The third-order valence-corrected chi connectivity index (χ3v) is 9.69. The summed E-state index contributed by atoms with van der Waals surface area (Å²) >= 11 is 0. The van der Waals surface area contributed by atoms with Crippen molar-refractivity contribution in [3.05, 3.63) is 0 Å². The Kier molecular flexibility index (Phi) is 26.3. The highest BCUT2D eigenvalue weighted by Gasteiger charge is 2.46. The number of ether oxygens (including phenoxy) is 4. The largest absolute Gasteiger partial charge is 0.462 e. The quantitative estimate of drug-likeness (QED) is 0.0363. The molecule has 0 aromatic heterocycles. The molecule has 0 aliphatic carbocycles. The lowest BCUT2D eigenvalue weighted by Crippen LogP contribution is -2.60. The summed E-state index contributed by atoms with van der Waals surface area (Å²) in [5.41, 5.74) is 0. The smallest absolute Gasteiger partial charge is 0.306 e. The van der Waals surface area contributed by atoms with E-state index in [-0.39, 0.29) is 19.4 Å². The molecule has 49 heavy (non-hydrogen) atoms. The Labute approximate surface area is 295 Å². The van der Waals surface area contributed by atoms with Gasteiger partial charge in [-0.05, 0) is 12.8 Å². The molecule has 13 heteroatoms. The van der Waals surface area contributed by atoms with Crippen LogP contribution in [0.2, 0.25) is 0 Å². The summed E-state index contributed by atoms with van der Waals surface area (Å²) in [4.78, 5) is 25.1. The number of esters is 2. The van der Waals surface area contributed by atoms with E-state index in [0.29, 0.717) is 12.8 Å². The first-order valence-electron chi connectivity index (χ1n) is 19.1. The highest BCUT2D eigenvalue weighted by molar-refractivity contribution is 7.85. The summed E-state index contributed by atoms with van der Waals surface area (Å²) in [6, 6.07) is 0. The van der Waals surface area contributed by atoms with E-state index in [2.05, 4.69) is 13.8 Å². The van der Waals surface area contributed by atoms with Crippen LogP contribution < -0.4 is 0 Å². The Morgan fingerprint density at radius 3 is 1.49 bits per heavy atom. The molecule has 1 rings (SSSR count). The van der Waals surface area contributed by atoms with Crippen molar-refractivity contribution < 1.29 is 56.8 Å². The van der Waals surface area contributed by atoms with Crippen LogP contribution in [0.3, 0.4) is 0 Å². The molecule has 0 radical (unpaired) electrons. The normalized spacial score (nSPS) is 21.8. The van der Waals surface area contributed by atoms with E-state index in [1.807, 2.05) is 0 Å². The molecule has 1 saturated heterocycles. The molecule has 1 fully saturated rings. The van der Waals surface area contributed by atoms with Crippen molar-refractivity contribution in [1.29, 1.82) is 0 Å². The predicted molar refractivity (Wildman–Crippen MR) is 187 cm³/mol. The van der Waals surface area contributed by atoms with Crippen molar-refractivity contribution >= 4 is 22.1 Å². The number of carbonyl (C=O) groups excluding carboxylic acids is 2. The fourth-order valence-electron chi connectivity index (χ4n) is 5.91. The second-order valence-electron chi connectivity index (χ2n) is 13.6. The van der Waals surface area contributed by atoms with Crippen LogP contribution in [0.1, 0.15) is 162 Å². The van der Waals surface area contributed by atoms with Gasteiger partial charge in [0.05, 0.1) is 6.61 Å². The molecule has 290 valence electrons. The van der Waals surface area contributed by atoms with Gasteiger partial charge >= 0.3 is 11.9 Å². The van der Waals surface area contributed by atoms with E-state index in [9.17, 15) is 37.9 Å². The zero-order valence-corrected chi connectivity index (χ0v) is 31.1. The Hall–Kier alpha value is -1.35. The van der Waals surface area contributed by atoms with Crippen molar-refractivity contribution in [3.63, 3.8) is 0 Å². The molecule has 4 N–H and O–H groups in total. The molecule has 6 atom stereocenters. The molecule has 1 aliphatic heterocycles. The molecule has 0 bridgehead atoms. The maximum Gasteiger partial charge on any atom is 0.306 e. The Morgan fingerprint density at radius 1 is 0.612 bits per heavy atom. The summed E-state index contributed by atoms with van der Waals surface area (Å²) in [7, 11) is -4.59. The van der Waals surface area contributed by atoms with Gasteiger partial charge in [0.1, 0.15) is 36.8 Å². The molecular weight excluding hydrogens is 656 g/mol. The van der Waals surface area contributed by atoms with Gasteiger partial charge in [0, 0.05) is 12.8 Å². The molecule has 0 saturated carbocycles. The van der Waals surface area contributed by atoms with Gasteiger partial charge < -0.3 is 34.3 Å². The van der Waals surface area contributed by atoms with Gasteiger partial charge in [-0.25, -0.2) is 0 Å². The van der Waals surface area contributed by atoms with Crippen LogP contribution in [-0.2, 0) is 38.7 Å². The number of hydrogen-bond donors (Lipinski definition) is 4. The van der Waals surface area contributed by atoms with E-state index in [4.69, 9.17) is 18.9 Å². The number of aliphatic hydroxyl groups excluding tert-OH is 3. The zero-order valence-electron chi connectivity index (χ0n) is 30.3. The zero-order chi connectivity index (χ0) is 36.3. The fourth-order valence-corrected chi connectivity index (χ4v) is 6.60. The second-order valence-corrected chi connectivity index (χ2v) is 15.1. The highest BCUT2D eigenvalue weighted by Crippen LogP contribution is 2.24. The van der Waals surface area contributed by atoms with Gasteiger partial charge in [-0.3, -0.25) is 14.1 Å². The summed E-state index contributed by atoms with van der Waals surface area (Å²) in [5.74, 6) is -1.98. The van der Waals surface area contributed by atoms with E-state index in [1.165, 1.54) is 83.5 Å². The maximum absolute atomic E-state index is 12.6. The third kappa shape index (κ3) is 23.7. The first kappa shape index (κ1) is 45.7. The van der Waals surface area contributed by atoms with Crippen LogP contribution in [0.5, 0.6) is 0 Å². The molecule has 12 nitrogen and oxygen atoms in total. The fraction of sp³-hybridized carbons (Fsp3) is 0.944. The molecule has 0 aromatic carbocycles. The average Bonchev–Trinajstić information content (AvgIpc) is 3.05.